The van der Waals surface area contributed by atoms with Crippen LogP contribution in [-0.2, 0) is 11.3 Å². The van der Waals surface area contributed by atoms with Crippen LogP contribution in [0.15, 0.2) is 34.0 Å². The third-order valence-corrected chi connectivity index (χ3v) is 5.24. The largest absolute Gasteiger partial charge is 0.359 e. The number of imidazole rings is 1. The summed E-state index contributed by atoms with van der Waals surface area (Å²) in [5, 5.41) is 6.12. The van der Waals surface area contributed by atoms with Crippen LogP contribution in [0.5, 0.6) is 0 Å². The minimum atomic E-state index is 0. The highest BCUT2D eigenvalue weighted by atomic mass is 127. The highest BCUT2D eigenvalue weighted by Crippen LogP contribution is 2.20. The predicted molar refractivity (Wildman–Crippen MR) is 121 cm³/mol. The van der Waals surface area contributed by atoms with E-state index in [4.69, 9.17) is 0 Å². The quantitative estimate of drug-likeness (QED) is 0.350. The molecule has 0 aromatic carbocycles. The van der Waals surface area contributed by atoms with Crippen LogP contribution in [0.4, 0.5) is 0 Å². The van der Waals surface area contributed by atoms with Crippen LogP contribution >= 0.6 is 39.9 Å². The molecule has 1 aliphatic heterocycles. The fourth-order valence-corrected chi connectivity index (χ4v) is 3.67. The first kappa shape index (κ1) is 21.9. The summed E-state index contributed by atoms with van der Waals surface area (Å²) in [5.74, 6) is 1.48. The van der Waals surface area contributed by atoms with E-state index in [9.17, 15) is 4.79 Å². The van der Waals surface area contributed by atoms with Crippen molar-refractivity contribution in [2.45, 2.75) is 25.8 Å². The molecule has 0 aliphatic carbocycles. The van der Waals surface area contributed by atoms with Gasteiger partial charge in [0.1, 0.15) is 5.65 Å². The van der Waals surface area contributed by atoms with E-state index in [2.05, 4.69) is 41.4 Å². The SMILES string of the molecule is CN=C(NCc1cn2cc(Br)ccc2n1)N1CCC(CC(=O)NC)CC1.I. The van der Waals surface area contributed by atoms with Crippen molar-refractivity contribution in [1.29, 1.82) is 0 Å². The van der Waals surface area contributed by atoms with E-state index in [-0.39, 0.29) is 29.9 Å². The summed E-state index contributed by atoms with van der Waals surface area (Å²) in [5.41, 5.74) is 1.90. The first-order valence-corrected chi connectivity index (χ1v) is 9.67. The summed E-state index contributed by atoms with van der Waals surface area (Å²) in [6, 6.07) is 3.97. The molecule has 1 amide bonds. The minimum absolute atomic E-state index is 0. The van der Waals surface area contributed by atoms with Crippen LogP contribution in [0.3, 0.4) is 0 Å². The monoisotopic (exact) mass is 548 g/mol. The summed E-state index contributed by atoms with van der Waals surface area (Å²) in [4.78, 5) is 22.8. The van der Waals surface area contributed by atoms with E-state index in [0.29, 0.717) is 18.9 Å². The first-order valence-electron chi connectivity index (χ1n) is 8.88. The number of likely N-dealkylation sites (tertiary alicyclic amines) is 1. The van der Waals surface area contributed by atoms with Crippen molar-refractivity contribution in [3.63, 3.8) is 0 Å². The Morgan fingerprint density at radius 2 is 2.07 bits per heavy atom. The normalized spacial score (nSPS) is 15.5. The zero-order valence-corrected chi connectivity index (χ0v) is 19.5. The van der Waals surface area contributed by atoms with Gasteiger partial charge in [0, 0.05) is 50.5 Å². The van der Waals surface area contributed by atoms with Crippen molar-refractivity contribution in [2.75, 3.05) is 27.2 Å². The molecule has 2 N–H and O–H groups in total. The number of piperidine rings is 1. The van der Waals surface area contributed by atoms with Crippen LogP contribution < -0.4 is 10.6 Å². The number of guanidine groups is 1. The number of hydrogen-bond acceptors (Lipinski definition) is 3. The molecule has 7 nitrogen and oxygen atoms in total. The minimum Gasteiger partial charge on any atom is -0.359 e. The molecule has 0 saturated carbocycles. The number of nitrogens with zero attached hydrogens (tertiary/aromatic N) is 4. The molecular formula is C18H26BrIN6O. The summed E-state index contributed by atoms with van der Waals surface area (Å²) in [7, 11) is 3.50. The zero-order valence-electron chi connectivity index (χ0n) is 15.6. The Morgan fingerprint density at radius 1 is 1.33 bits per heavy atom. The molecule has 148 valence electrons. The number of rotatable bonds is 4. The van der Waals surface area contributed by atoms with E-state index < -0.39 is 0 Å². The van der Waals surface area contributed by atoms with Gasteiger partial charge in [-0.05, 0) is 46.8 Å². The van der Waals surface area contributed by atoms with Crippen LogP contribution in [0.1, 0.15) is 25.0 Å². The Hall–Kier alpha value is -1.36. The molecule has 0 radical (unpaired) electrons. The molecule has 3 heterocycles. The van der Waals surface area contributed by atoms with Gasteiger partial charge in [-0.1, -0.05) is 0 Å². The number of amides is 1. The van der Waals surface area contributed by atoms with Crippen molar-refractivity contribution in [2.24, 2.45) is 10.9 Å². The van der Waals surface area contributed by atoms with Gasteiger partial charge < -0.3 is 19.9 Å². The fraction of sp³-hybridized carbons (Fsp3) is 0.500. The van der Waals surface area contributed by atoms with Crippen LogP contribution in [0, 0.1) is 5.92 Å². The Labute approximate surface area is 185 Å². The maximum Gasteiger partial charge on any atom is 0.220 e. The van der Waals surface area contributed by atoms with Gasteiger partial charge in [0.25, 0.3) is 0 Å². The average Bonchev–Trinajstić information content (AvgIpc) is 3.05. The van der Waals surface area contributed by atoms with Gasteiger partial charge in [0.05, 0.1) is 12.2 Å². The first-order chi connectivity index (χ1) is 12.6. The predicted octanol–water partition coefficient (Wildman–Crippen LogP) is 2.64. The maximum atomic E-state index is 11.5. The number of halogens is 2. The van der Waals surface area contributed by atoms with E-state index in [1.54, 1.807) is 14.1 Å². The lowest BCUT2D eigenvalue weighted by atomic mass is 9.93. The van der Waals surface area contributed by atoms with Crippen molar-refractivity contribution >= 4 is 57.4 Å². The van der Waals surface area contributed by atoms with Crippen molar-refractivity contribution < 1.29 is 4.79 Å². The molecular weight excluding hydrogens is 523 g/mol. The van der Waals surface area contributed by atoms with Gasteiger partial charge >= 0.3 is 0 Å². The van der Waals surface area contributed by atoms with E-state index in [0.717, 1.165) is 47.7 Å². The molecule has 1 fully saturated rings. The molecule has 9 heteroatoms. The molecule has 0 bridgehead atoms. The zero-order chi connectivity index (χ0) is 18.5. The van der Waals surface area contributed by atoms with Gasteiger partial charge in [-0.2, -0.15) is 0 Å². The molecule has 0 spiro atoms. The van der Waals surface area contributed by atoms with Gasteiger partial charge in [0.2, 0.25) is 5.91 Å². The lowest BCUT2D eigenvalue weighted by Gasteiger charge is -2.34. The highest BCUT2D eigenvalue weighted by Gasteiger charge is 2.23. The molecule has 1 saturated heterocycles. The summed E-state index contributed by atoms with van der Waals surface area (Å²) in [6.07, 6.45) is 6.66. The number of aliphatic imine (C=N–C) groups is 1. The maximum absolute atomic E-state index is 11.5. The Bertz CT molecular complexity index is 800. The number of hydrogen-bond donors (Lipinski definition) is 2. The number of carbonyl (C=O) groups is 1. The molecule has 3 rings (SSSR count). The summed E-state index contributed by atoms with van der Waals surface area (Å²) >= 11 is 3.48. The molecule has 1 aliphatic rings. The molecule has 2 aromatic rings. The van der Waals surface area contributed by atoms with Gasteiger partial charge in [-0.25, -0.2) is 4.98 Å². The van der Waals surface area contributed by atoms with Crippen LogP contribution in [-0.4, -0.2) is 53.3 Å². The Morgan fingerprint density at radius 3 is 2.74 bits per heavy atom. The van der Waals surface area contributed by atoms with E-state index in [1.807, 2.05) is 28.9 Å². The second-order valence-corrected chi connectivity index (χ2v) is 7.47. The Kier molecular flexibility index (Phi) is 8.33. The third kappa shape index (κ3) is 5.81. The third-order valence-electron chi connectivity index (χ3n) is 4.77. The molecule has 0 unspecified atom stereocenters. The smallest absolute Gasteiger partial charge is 0.220 e. The number of aromatic nitrogens is 2. The standard InChI is InChI=1S/C18H25BrN6O.HI/c1-20-17(26)9-13-5-7-24(8-6-13)18(21-2)22-10-15-12-25-11-14(19)3-4-16(25)23-15;/h3-4,11-13H,5-10H2,1-2H3,(H,20,26)(H,21,22);1H. The lowest BCUT2D eigenvalue weighted by Crippen LogP contribution is -2.45. The van der Waals surface area contributed by atoms with Crippen molar-refractivity contribution in [3.05, 3.63) is 34.7 Å². The second kappa shape index (κ2) is 10.3. The van der Waals surface area contributed by atoms with Gasteiger partial charge in [-0.15, -0.1) is 24.0 Å². The second-order valence-electron chi connectivity index (χ2n) is 6.55. The number of fused-ring (bicyclic) bond motifs is 1. The summed E-state index contributed by atoms with van der Waals surface area (Å²) in [6.45, 7) is 2.46. The number of nitrogens with one attached hydrogen (secondary N) is 2. The topological polar surface area (TPSA) is 74.0 Å². The van der Waals surface area contributed by atoms with Crippen molar-refractivity contribution in [1.82, 2.24) is 24.9 Å². The highest BCUT2D eigenvalue weighted by molar-refractivity contribution is 14.0. The number of carbonyl (C=O) groups excluding carboxylic acids is 1. The summed E-state index contributed by atoms with van der Waals surface area (Å²) < 4.78 is 3.03. The van der Waals surface area contributed by atoms with Crippen LogP contribution in [0.25, 0.3) is 5.65 Å². The average molecular weight is 549 g/mol. The van der Waals surface area contributed by atoms with Crippen molar-refractivity contribution in [3.8, 4) is 0 Å². The lowest BCUT2D eigenvalue weighted by molar-refractivity contribution is -0.121. The molecule has 2 aromatic heterocycles. The van der Waals surface area contributed by atoms with E-state index >= 15 is 0 Å². The molecule has 0 atom stereocenters. The van der Waals surface area contributed by atoms with E-state index in [1.165, 1.54) is 0 Å². The van der Waals surface area contributed by atoms with Crippen LogP contribution in [0.2, 0.25) is 0 Å². The molecule has 27 heavy (non-hydrogen) atoms. The fourth-order valence-electron chi connectivity index (χ4n) is 3.32. The number of pyridine rings is 1. The van der Waals surface area contributed by atoms with Gasteiger partial charge in [-0.3, -0.25) is 9.79 Å². The Balaban J connectivity index is 0.00000261. The van der Waals surface area contributed by atoms with Gasteiger partial charge in [0.15, 0.2) is 5.96 Å².